The van der Waals surface area contributed by atoms with Gasteiger partial charge >= 0.3 is 11.9 Å². The van der Waals surface area contributed by atoms with Crippen LogP contribution in [-0.2, 0) is 9.59 Å². The van der Waals surface area contributed by atoms with Crippen LogP contribution in [-0.4, -0.2) is 84.2 Å². The summed E-state index contributed by atoms with van der Waals surface area (Å²) in [4.78, 5) is 51.7. The number of carboxylic acid groups (broad SMARTS) is 2. The quantitative estimate of drug-likeness (QED) is 0.0694. The Balaban J connectivity index is 0.000000280. The second kappa shape index (κ2) is 25.2. The molecule has 284 valence electrons. The monoisotopic (exact) mass is 718 g/mol. The topological polar surface area (TPSA) is 200 Å². The summed E-state index contributed by atoms with van der Waals surface area (Å²) >= 11 is 0. The Morgan fingerprint density at radius 2 is 1.13 bits per heavy atom. The zero-order chi connectivity index (χ0) is 37.2. The van der Waals surface area contributed by atoms with Gasteiger partial charge < -0.3 is 26.2 Å². The third-order valence-corrected chi connectivity index (χ3v) is 8.88. The Labute approximate surface area is 308 Å². The van der Waals surface area contributed by atoms with Crippen molar-refractivity contribution in [2.75, 3.05) is 31.5 Å². The SMILES string of the molecule is Cc1ncc(C(CCCCCCCNC2=NCCCN2)CC(=O)O)cn1.Cc1ncc(C(CCCCCCCNc2ncccn2)CC(=O)O)cn1. The van der Waals surface area contributed by atoms with Crippen molar-refractivity contribution in [3.63, 3.8) is 0 Å². The van der Waals surface area contributed by atoms with E-state index in [9.17, 15) is 9.59 Å². The first-order valence-corrected chi connectivity index (χ1v) is 18.8. The van der Waals surface area contributed by atoms with Gasteiger partial charge in [0.1, 0.15) is 11.6 Å². The molecule has 2 atom stereocenters. The number of rotatable bonds is 23. The second-order valence-corrected chi connectivity index (χ2v) is 13.3. The Hall–Kier alpha value is -4.75. The highest BCUT2D eigenvalue weighted by Gasteiger charge is 2.17. The molecule has 0 spiro atoms. The summed E-state index contributed by atoms with van der Waals surface area (Å²) in [6.45, 7) is 7.41. The average molecular weight is 719 g/mol. The molecule has 0 aliphatic carbocycles. The van der Waals surface area contributed by atoms with E-state index in [1.165, 1.54) is 12.8 Å². The van der Waals surface area contributed by atoms with E-state index in [1.54, 1.807) is 43.2 Å². The number of aryl methyl sites for hydroxylation is 2. The molecule has 14 heteroatoms. The molecule has 5 N–H and O–H groups in total. The number of carbonyl (C=O) groups is 2. The highest BCUT2D eigenvalue weighted by Crippen LogP contribution is 2.26. The van der Waals surface area contributed by atoms with E-state index in [2.05, 4.69) is 50.8 Å². The maximum absolute atomic E-state index is 11.1. The van der Waals surface area contributed by atoms with Gasteiger partial charge in [-0.15, -0.1) is 0 Å². The molecule has 0 radical (unpaired) electrons. The predicted octanol–water partition coefficient (Wildman–Crippen LogP) is 6.21. The average Bonchev–Trinajstić information content (AvgIpc) is 3.14. The zero-order valence-electron chi connectivity index (χ0n) is 31.0. The number of unbranched alkanes of at least 4 members (excludes halogenated alkanes) is 8. The van der Waals surface area contributed by atoms with Gasteiger partial charge in [0.05, 0.1) is 12.8 Å². The van der Waals surface area contributed by atoms with Gasteiger partial charge in [-0.25, -0.2) is 29.9 Å². The van der Waals surface area contributed by atoms with Gasteiger partial charge in [-0.3, -0.25) is 14.6 Å². The summed E-state index contributed by atoms with van der Waals surface area (Å²) < 4.78 is 0. The molecule has 14 nitrogen and oxygen atoms in total. The van der Waals surface area contributed by atoms with Crippen LogP contribution in [0.4, 0.5) is 5.95 Å². The van der Waals surface area contributed by atoms with Gasteiger partial charge in [0, 0.05) is 63.4 Å². The third-order valence-electron chi connectivity index (χ3n) is 8.88. The van der Waals surface area contributed by atoms with Gasteiger partial charge in [0.2, 0.25) is 5.95 Å². The van der Waals surface area contributed by atoms with Crippen LogP contribution in [0.3, 0.4) is 0 Å². The first kappa shape index (κ1) is 41.7. The van der Waals surface area contributed by atoms with Gasteiger partial charge in [-0.05, 0) is 75.0 Å². The number of carboxylic acids is 2. The Morgan fingerprint density at radius 3 is 1.60 bits per heavy atom. The van der Waals surface area contributed by atoms with E-state index in [4.69, 9.17) is 10.2 Å². The molecule has 52 heavy (non-hydrogen) atoms. The molecule has 0 aromatic carbocycles. The molecule has 0 fully saturated rings. The van der Waals surface area contributed by atoms with Gasteiger partial charge in [-0.2, -0.15) is 0 Å². The lowest BCUT2D eigenvalue weighted by Crippen LogP contribution is -2.41. The maximum Gasteiger partial charge on any atom is 0.303 e. The molecule has 0 amide bonds. The number of aliphatic imine (C=N–C) groups is 1. The summed E-state index contributed by atoms with van der Waals surface area (Å²) in [5.74, 6) is 1.49. The van der Waals surface area contributed by atoms with E-state index in [1.807, 2.05) is 13.8 Å². The number of anilines is 1. The molecule has 2 unspecified atom stereocenters. The molecular weight excluding hydrogens is 660 g/mol. The van der Waals surface area contributed by atoms with Crippen molar-refractivity contribution in [3.05, 3.63) is 66.0 Å². The van der Waals surface area contributed by atoms with Crippen LogP contribution < -0.4 is 16.0 Å². The van der Waals surface area contributed by atoms with E-state index < -0.39 is 11.9 Å². The van der Waals surface area contributed by atoms with Crippen molar-refractivity contribution >= 4 is 23.8 Å². The van der Waals surface area contributed by atoms with Crippen LogP contribution in [0, 0.1) is 13.8 Å². The lowest BCUT2D eigenvalue weighted by Gasteiger charge is -2.16. The molecule has 0 saturated carbocycles. The minimum Gasteiger partial charge on any atom is -0.481 e. The van der Waals surface area contributed by atoms with Crippen LogP contribution >= 0.6 is 0 Å². The molecule has 3 aromatic rings. The number of aromatic nitrogens is 6. The summed E-state index contributed by atoms with van der Waals surface area (Å²) in [7, 11) is 0. The molecule has 1 aliphatic rings. The molecule has 0 bridgehead atoms. The molecule has 3 aromatic heterocycles. The molecule has 1 aliphatic heterocycles. The van der Waals surface area contributed by atoms with E-state index in [0.29, 0.717) is 17.6 Å². The lowest BCUT2D eigenvalue weighted by molar-refractivity contribution is -0.138. The van der Waals surface area contributed by atoms with Gasteiger partial charge in [0.15, 0.2) is 5.96 Å². The first-order valence-electron chi connectivity index (χ1n) is 18.8. The standard InChI is InChI=1S/C19H31N5O2.C19H27N5O2/c2*1-15-23-13-17(14-24-15)16(12-18(25)26)8-5-3-2-4-6-9-20-19-21-10-7-11-22-19/h13-14,16H,2-12H2,1H3,(H,25,26)(H2,20,21,22);7,10-11,13-14,16H,2-6,8-9,12H2,1H3,(H,25,26)(H,20,21,22). The number of hydrogen-bond donors (Lipinski definition) is 5. The predicted molar refractivity (Wildman–Crippen MR) is 202 cm³/mol. The van der Waals surface area contributed by atoms with Crippen molar-refractivity contribution in [2.45, 2.75) is 122 Å². The van der Waals surface area contributed by atoms with Gasteiger partial charge in [-0.1, -0.05) is 51.4 Å². The molecule has 4 rings (SSSR count). The lowest BCUT2D eigenvalue weighted by atomic mass is 9.92. The Kier molecular flexibility index (Phi) is 20.2. The summed E-state index contributed by atoms with van der Waals surface area (Å²) in [6.07, 6.45) is 24.7. The van der Waals surface area contributed by atoms with Crippen LogP contribution in [0.25, 0.3) is 0 Å². The van der Waals surface area contributed by atoms with Crippen molar-refractivity contribution in [1.29, 1.82) is 0 Å². The van der Waals surface area contributed by atoms with Crippen molar-refractivity contribution in [1.82, 2.24) is 40.5 Å². The fraction of sp³-hybridized carbons (Fsp3) is 0.605. The van der Waals surface area contributed by atoms with E-state index >= 15 is 0 Å². The van der Waals surface area contributed by atoms with E-state index in [0.717, 1.165) is 114 Å². The minimum atomic E-state index is -0.773. The van der Waals surface area contributed by atoms with Crippen molar-refractivity contribution < 1.29 is 19.8 Å². The van der Waals surface area contributed by atoms with E-state index in [-0.39, 0.29) is 24.7 Å². The third kappa shape index (κ3) is 18.5. The van der Waals surface area contributed by atoms with Crippen molar-refractivity contribution in [2.24, 2.45) is 4.99 Å². The van der Waals surface area contributed by atoms with Gasteiger partial charge in [0.25, 0.3) is 0 Å². The van der Waals surface area contributed by atoms with Crippen LogP contribution in [0.5, 0.6) is 0 Å². The minimum absolute atomic E-state index is 0.00477. The molecular formula is C38H58N10O4. The Morgan fingerprint density at radius 1 is 0.673 bits per heavy atom. The highest BCUT2D eigenvalue weighted by molar-refractivity contribution is 5.80. The first-order chi connectivity index (χ1) is 25.3. The summed E-state index contributed by atoms with van der Waals surface area (Å²) in [5.41, 5.74) is 1.85. The Bertz CT molecular complexity index is 1440. The van der Waals surface area contributed by atoms with Crippen LogP contribution in [0.15, 0.2) is 48.2 Å². The normalized spacial score (nSPS) is 13.5. The fourth-order valence-corrected chi connectivity index (χ4v) is 5.96. The highest BCUT2D eigenvalue weighted by atomic mass is 16.4. The number of aliphatic carboxylic acids is 2. The maximum atomic E-state index is 11.1. The summed E-state index contributed by atoms with van der Waals surface area (Å²) in [6, 6.07) is 1.80. The summed E-state index contributed by atoms with van der Waals surface area (Å²) in [5, 5.41) is 28.1. The van der Waals surface area contributed by atoms with Crippen LogP contribution in [0.1, 0.15) is 131 Å². The van der Waals surface area contributed by atoms with Crippen molar-refractivity contribution in [3.8, 4) is 0 Å². The fourth-order valence-electron chi connectivity index (χ4n) is 5.96. The largest absolute Gasteiger partial charge is 0.481 e. The second-order valence-electron chi connectivity index (χ2n) is 13.3. The number of nitrogens with zero attached hydrogens (tertiary/aromatic N) is 7. The number of hydrogen-bond acceptors (Lipinski definition) is 12. The number of nitrogens with one attached hydrogen (secondary N) is 3. The molecule has 4 heterocycles. The smallest absolute Gasteiger partial charge is 0.303 e. The van der Waals surface area contributed by atoms with Crippen LogP contribution in [0.2, 0.25) is 0 Å². The number of guanidine groups is 1. The molecule has 0 saturated heterocycles. The zero-order valence-corrected chi connectivity index (χ0v) is 31.0.